The summed E-state index contributed by atoms with van der Waals surface area (Å²) in [7, 11) is 0. The van der Waals surface area contributed by atoms with Gasteiger partial charge in [0.05, 0.1) is 35.0 Å². The number of pyridine rings is 1. The van der Waals surface area contributed by atoms with Crippen molar-refractivity contribution in [3.8, 4) is 28.5 Å². The van der Waals surface area contributed by atoms with E-state index >= 15 is 0 Å². The molecule has 1 aliphatic heterocycles. The third-order valence-electron chi connectivity index (χ3n) is 5.61. The number of carbonyl (C=O) groups excluding carboxylic acids is 2. The molecule has 1 aromatic heterocycles. The zero-order chi connectivity index (χ0) is 22.9. The van der Waals surface area contributed by atoms with E-state index in [4.69, 9.17) is 16.9 Å². The molecule has 3 aromatic carbocycles. The van der Waals surface area contributed by atoms with Crippen molar-refractivity contribution in [1.82, 2.24) is 9.88 Å². The Morgan fingerprint density at radius 3 is 2.03 bits per heavy atom. The van der Waals surface area contributed by atoms with Gasteiger partial charge in [-0.3, -0.25) is 19.5 Å². The van der Waals surface area contributed by atoms with Gasteiger partial charge in [-0.2, -0.15) is 5.26 Å². The first-order valence-corrected chi connectivity index (χ1v) is 10.6. The van der Waals surface area contributed by atoms with Crippen molar-refractivity contribution in [2.24, 2.45) is 0 Å². The maximum atomic E-state index is 12.8. The highest BCUT2D eigenvalue weighted by molar-refractivity contribution is 6.30. The fraction of sp³-hybridized carbons (Fsp3) is 0.0370. The standard InChI is InChI=1S/C27H16ClN3O2/c28-21-11-9-19(10-12-21)24-13-18(15-30-25(24)20-7-5-17(14-29)6-8-20)16-31-26(32)22-3-1-2-4-23(22)27(31)33/h1-13,15H,16H2. The summed E-state index contributed by atoms with van der Waals surface area (Å²) < 4.78 is 0. The van der Waals surface area contributed by atoms with Gasteiger partial charge in [-0.05, 0) is 53.6 Å². The lowest BCUT2D eigenvalue weighted by atomic mass is 9.97. The Kier molecular flexibility index (Phi) is 5.21. The third-order valence-corrected chi connectivity index (χ3v) is 5.86. The highest BCUT2D eigenvalue weighted by Crippen LogP contribution is 2.33. The maximum absolute atomic E-state index is 12.8. The summed E-state index contributed by atoms with van der Waals surface area (Å²) in [6.07, 6.45) is 1.68. The van der Waals surface area contributed by atoms with Gasteiger partial charge < -0.3 is 0 Å². The molecule has 0 fully saturated rings. The average Bonchev–Trinajstić information content (AvgIpc) is 3.09. The van der Waals surface area contributed by atoms with Gasteiger partial charge in [0.25, 0.3) is 11.8 Å². The van der Waals surface area contributed by atoms with Crippen LogP contribution >= 0.6 is 11.6 Å². The van der Waals surface area contributed by atoms with Crippen LogP contribution < -0.4 is 0 Å². The molecule has 4 aromatic rings. The van der Waals surface area contributed by atoms with Crippen LogP contribution in [0, 0.1) is 11.3 Å². The molecule has 2 amide bonds. The molecule has 0 saturated carbocycles. The SMILES string of the molecule is N#Cc1ccc(-c2ncc(CN3C(=O)c4ccccc4C3=O)cc2-c2ccc(Cl)cc2)cc1. The Morgan fingerprint density at radius 2 is 1.42 bits per heavy atom. The number of benzene rings is 3. The van der Waals surface area contributed by atoms with Gasteiger partial charge in [-0.1, -0.05) is 48.0 Å². The molecule has 6 heteroatoms. The quantitative estimate of drug-likeness (QED) is 0.372. The number of imide groups is 1. The Balaban J connectivity index is 1.55. The highest BCUT2D eigenvalue weighted by atomic mass is 35.5. The van der Waals surface area contributed by atoms with Crippen molar-refractivity contribution < 1.29 is 9.59 Å². The van der Waals surface area contributed by atoms with Gasteiger partial charge in [0.1, 0.15) is 0 Å². The van der Waals surface area contributed by atoms with Crippen molar-refractivity contribution in [1.29, 1.82) is 5.26 Å². The molecule has 5 rings (SSSR count). The van der Waals surface area contributed by atoms with E-state index in [9.17, 15) is 9.59 Å². The molecule has 0 spiro atoms. The van der Waals surface area contributed by atoms with Gasteiger partial charge in [0, 0.05) is 22.3 Å². The van der Waals surface area contributed by atoms with E-state index in [2.05, 4.69) is 11.1 Å². The van der Waals surface area contributed by atoms with Crippen molar-refractivity contribution in [3.05, 3.63) is 112 Å². The predicted octanol–water partition coefficient (Wildman–Crippen LogP) is 5.74. The van der Waals surface area contributed by atoms with E-state index in [1.807, 2.05) is 30.3 Å². The van der Waals surface area contributed by atoms with Gasteiger partial charge in [-0.25, -0.2) is 0 Å². The minimum absolute atomic E-state index is 0.119. The van der Waals surface area contributed by atoms with E-state index in [0.29, 0.717) is 21.7 Å². The maximum Gasteiger partial charge on any atom is 0.261 e. The highest BCUT2D eigenvalue weighted by Gasteiger charge is 2.35. The monoisotopic (exact) mass is 449 g/mol. The number of amides is 2. The van der Waals surface area contributed by atoms with Crippen LogP contribution in [0.25, 0.3) is 22.4 Å². The Hall–Kier alpha value is -4.27. The average molecular weight is 450 g/mol. The molecule has 158 valence electrons. The number of hydrogen-bond donors (Lipinski definition) is 0. The van der Waals surface area contributed by atoms with Gasteiger partial charge >= 0.3 is 0 Å². The van der Waals surface area contributed by atoms with Crippen LogP contribution in [0.4, 0.5) is 0 Å². The lowest BCUT2D eigenvalue weighted by Gasteiger charge is -2.16. The zero-order valence-electron chi connectivity index (χ0n) is 17.3. The Bertz CT molecular complexity index is 1400. The fourth-order valence-electron chi connectivity index (χ4n) is 3.94. The predicted molar refractivity (Wildman–Crippen MR) is 125 cm³/mol. The van der Waals surface area contributed by atoms with Gasteiger partial charge in [0.15, 0.2) is 0 Å². The van der Waals surface area contributed by atoms with Crippen LogP contribution in [-0.4, -0.2) is 21.7 Å². The smallest absolute Gasteiger partial charge is 0.261 e. The van der Waals surface area contributed by atoms with Crippen LogP contribution in [-0.2, 0) is 6.54 Å². The molecule has 33 heavy (non-hydrogen) atoms. The van der Waals surface area contributed by atoms with Gasteiger partial charge in [0.2, 0.25) is 0 Å². The lowest BCUT2D eigenvalue weighted by molar-refractivity contribution is 0.0642. The molecule has 0 N–H and O–H groups in total. The second kappa shape index (κ2) is 8.34. The van der Waals surface area contributed by atoms with Crippen LogP contribution in [0.1, 0.15) is 31.8 Å². The topological polar surface area (TPSA) is 74.1 Å². The van der Waals surface area contributed by atoms with Crippen molar-refractivity contribution >= 4 is 23.4 Å². The first-order valence-electron chi connectivity index (χ1n) is 10.3. The second-order valence-corrected chi connectivity index (χ2v) is 8.11. The fourth-order valence-corrected chi connectivity index (χ4v) is 4.07. The Morgan fingerprint density at radius 1 is 0.818 bits per heavy atom. The van der Waals surface area contributed by atoms with Crippen LogP contribution in [0.5, 0.6) is 0 Å². The first kappa shape index (κ1) is 20.6. The summed E-state index contributed by atoms with van der Waals surface area (Å²) in [5, 5.41) is 9.72. The lowest BCUT2D eigenvalue weighted by Crippen LogP contribution is -2.29. The molecule has 0 saturated heterocycles. The van der Waals surface area contributed by atoms with Gasteiger partial charge in [-0.15, -0.1) is 0 Å². The van der Waals surface area contributed by atoms with Crippen LogP contribution in [0.3, 0.4) is 0 Å². The number of rotatable bonds is 4. The van der Waals surface area contributed by atoms with Crippen LogP contribution in [0.2, 0.25) is 5.02 Å². The number of fused-ring (bicyclic) bond motifs is 1. The zero-order valence-corrected chi connectivity index (χ0v) is 18.1. The van der Waals surface area contributed by atoms with E-state index in [1.54, 1.807) is 54.7 Å². The molecule has 0 unspecified atom stereocenters. The second-order valence-electron chi connectivity index (χ2n) is 7.68. The summed E-state index contributed by atoms with van der Waals surface area (Å²) in [5.41, 5.74) is 5.45. The van der Waals surface area contributed by atoms with Crippen molar-refractivity contribution in [2.45, 2.75) is 6.54 Å². The molecule has 0 aliphatic carbocycles. The summed E-state index contributed by atoms with van der Waals surface area (Å²) >= 11 is 6.08. The number of halogens is 1. The van der Waals surface area contributed by atoms with E-state index < -0.39 is 0 Å². The van der Waals surface area contributed by atoms with Crippen molar-refractivity contribution in [3.63, 3.8) is 0 Å². The Labute approximate surface area is 195 Å². The van der Waals surface area contributed by atoms with E-state index in [-0.39, 0.29) is 18.4 Å². The molecule has 0 radical (unpaired) electrons. The summed E-state index contributed by atoms with van der Waals surface area (Å²) in [4.78, 5) is 31.5. The molecular formula is C27H16ClN3O2. The molecule has 0 atom stereocenters. The largest absolute Gasteiger partial charge is 0.270 e. The van der Waals surface area contributed by atoms with E-state index in [0.717, 1.165) is 27.9 Å². The molecule has 5 nitrogen and oxygen atoms in total. The molecular weight excluding hydrogens is 434 g/mol. The summed E-state index contributed by atoms with van der Waals surface area (Å²) in [6, 6.07) is 25.5. The van der Waals surface area contributed by atoms with Crippen LogP contribution in [0.15, 0.2) is 85.1 Å². The molecule has 2 heterocycles. The summed E-state index contributed by atoms with van der Waals surface area (Å²) in [6.45, 7) is 0.119. The molecule has 0 bridgehead atoms. The number of nitrogens with zero attached hydrogens (tertiary/aromatic N) is 3. The minimum Gasteiger partial charge on any atom is -0.270 e. The molecule has 1 aliphatic rings. The first-order chi connectivity index (χ1) is 16.0. The normalized spacial score (nSPS) is 12.5. The minimum atomic E-state index is -0.306. The number of carbonyl (C=O) groups is 2. The van der Waals surface area contributed by atoms with Crippen molar-refractivity contribution in [2.75, 3.05) is 0 Å². The summed E-state index contributed by atoms with van der Waals surface area (Å²) in [5.74, 6) is -0.611. The number of nitriles is 1. The number of hydrogen-bond acceptors (Lipinski definition) is 4. The number of aromatic nitrogens is 1. The van der Waals surface area contributed by atoms with E-state index in [1.165, 1.54) is 4.90 Å². The third kappa shape index (κ3) is 3.78.